The molecule has 2 aromatic rings. The Labute approximate surface area is 95.8 Å². The highest BCUT2D eigenvalue weighted by Gasteiger charge is 2.01. The van der Waals surface area contributed by atoms with Gasteiger partial charge in [0.05, 0.1) is 5.69 Å². The van der Waals surface area contributed by atoms with Crippen LogP contribution in [-0.4, -0.2) is 0 Å². The van der Waals surface area contributed by atoms with E-state index in [1.165, 1.54) is 5.56 Å². The molecule has 0 heterocycles. The first-order chi connectivity index (χ1) is 7.77. The Hall–Kier alpha value is -1.96. The molecule has 0 atom stereocenters. The van der Waals surface area contributed by atoms with E-state index in [4.69, 9.17) is 4.84 Å². The Morgan fingerprint density at radius 1 is 0.875 bits per heavy atom. The largest absolute Gasteiger partial charge is 0.382 e. The number of para-hydroxylation sites is 1. The summed E-state index contributed by atoms with van der Waals surface area (Å²) in [5, 5.41) is 0. The van der Waals surface area contributed by atoms with Crippen LogP contribution in [0.15, 0.2) is 48.5 Å². The molecule has 0 aromatic heterocycles. The molecule has 16 heavy (non-hydrogen) atoms. The van der Waals surface area contributed by atoms with Crippen LogP contribution in [0.4, 0.5) is 5.69 Å². The normalized spacial score (nSPS) is 9.88. The number of hydrogen-bond donors (Lipinski definition) is 1. The van der Waals surface area contributed by atoms with Crippen molar-refractivity contribution in [2.75, 3.05) is 5.48 Å². The molecule has 0 aliphatic heterocycles. The van der Waals surface area contributed by atoms with Gasteiger partial charge in [0.2, 0.25) is 0 Å². The van der Waals surface area contributed by atoms with Crippen LogP contribution in [0.5, 0.6) is 5.75 Å². The zero-order valence-electron chi connectivity index (χ0n) is 9.53. The van der Waals surface area contributed by atoms with Gasteiger partial charge in [0.1, 0.15) is 0 Å². The summed E-state index contributed by atoms with van der Waals surface area (Å²) in [6.45, 7) is 4.13. The Morgan fingerprint density at radius 2 is 1.62 bits per heavy atom. The Bertz CT molecular complexity index is 465. The molecule has 0 saturated carbocycles. The van der Waals surface area contributed by atoms with Crippen LogP contribution in [0.25, 0.3) is 0 Å². The quantitative estimate of drug-likeness (QED) is 0.785. The van der Waals surface area contributed by atoms with E-state index in [-0.39, 0.29) is 0 Å². The summed E-state index contributed by atoms with van der Waals surface area (Å²) in [6.07, 6.45) is 0. The average molecular weight is 213 g/mol. The predicted molar refractivity (Wildman–Crippen MR) is 66.6 cm³/mol. The molecular weight excluding hydrogens is 198 g/mol. The minimum atomic E-state index is 0.865. The van der Waals surface area contributed by atoms with Gasteiger partial charge in [-0.3, -0.25) is 0 Å². The molecular formula is C14H15NO. The minimum absolute atomic E-state index is 0.865. The summed E-state index contributed by atoms with van der Waals surface area (Å²) >= 11 is 0. The number of rotatable bonds is 3. The van der Waals surface area contributed by atoms with Crippen molar-refractivity contribution in [1.29, 1.82) is 0 Å². The fraction of sp³-hybridized carbons (Fsp3) is 0.143. The molecule has 2 nitrogen and oxygen atoms in total. The van der Waals surface area contributed by atoms with Crippen LogP contribution in [0.3, 0.4) is 0 Å². The van der Waals surface area contributed by atoms with Crippen LogP contribution in [0, 0.1) is 13.8 Å². The fourth-order valence-electron chi connectivity index (χ4n) is 1.45. The molecule has 0 unspecified atom stereocenters. The lowest BCUT2D eigenvalue weighted by Gasteiger charge is -2.11. The van der Waals surface area contributed by atoms with Crippen LogP contribution < -0.4 is 10.3 Å². The molecule has 0 spiro atoms. The maximum atomic E-state index is 5.55. The molecule has 0 bridgehead atoms. The number of anilines is 1. The van der Waals surface area contributed by atoms with Crippen molar-refractivity contribution in [2.24, 2.45) is 0 Å². The van der Waals surface area contributed by atoms with Crippen molar-refractivity contribution in [3.05, 3.63) is 59.7 Å². The lowest BCUT2D eigenvalue weighted by molar-refractivity contribution is 0.402. The van der Waals surface area contributed by atoms with Gasteiger partial charge in [-0.25, -0.2) is 5.48 Å². The van der Waals surface area contributed by atoms with E-state index in [0.717, 1.165) is 17.0 Å². The molecule has 0 fully saturated rings. The zero-order valence-corrected chi connectivity index (χ0v) is 9.53. The molecule has 0 radical (unpaired) electrons. The van der Waals surface area contributed by atoms with Gasteiger partial charge in [-0.2, -0.15) is 0 Å². The maximum Gasteiger partial charge on any atom is 0.158 e. The third-order valence-electron chi connectivity index (χ3n) is 2.61. The predicted octanol–water partition coefficient (Wildman–Crippen LogP) is 3.71. The average Bonchev–Trinajstić information content (AvgIpc) is 2.32. The van der Waals surface area contributed by atoms with Crippen molar-refractivity contribution >= 4 is 5.69 Å². The van der Waals surface area contributed by atoms with Crippen LogP contribution in [0.1, 0.15) is 11.1 Å². The SMILES string of the molecule is Cc1cccc(ONc2ccccc2)c1C. The van der Waals surface area contributed by atoms with E-state index in [0.29, 0.717) is 0 Å². The number of hydrogen-bond acceptors (Lipinski definition) is 2. The second-order valence-corrected chi connectivity index (χ2v) is 3.77. The summed E-state index contributed by atoms with van der Waals surface area (Å²) in [7, 11) is 0. The lowest BCUT2D eigenvalue weighted by Crippen LogP contribution is -2.05. The molecule has 1 N–H and O–H groups in total. The first kappa shape index (κ1) is 10.6. The molecule has 0 amide bonds. The van der Waals surface area contributed by atoms with Gasteiger partial charge in [-0.1, -0.05) is 30.3 Å². The van der Waals surface area contributed by atoms with Crippen molar-refractivity contribution < 1.29 is 4.84 Å². The third kappa shape index (κ3) is 2.34. The van der Waals surface area contributed by atoms with E-state index in [1.807, 2.05) is 42.5 Å². The molecule has 0 saturated heterocycles. The van der Waals surface area contributed by atoms with Crippen molar-refractivity contribution in [1.82, 2.24) is 0 Å². The van der Waals surface area contributed by atoms with Gasteiger partial charge in [0.15, 0.2) is 5.75 Å². The highest BCUT2D eigenvalue weighted by molar-refractivity contribution is 5.43. The standard InChI is InChI=1S/C14H15NO/c1-11-7-6-10-14(12(11)2)16-15-13-8-4-3-5-9-13/h3-10,15H,1-2H3. The Balaban J connectivity index is 2.08. The van der Waals surface area contributed by atoms with E-state index in [2.05, 4.69) is 25.4 Å². The summed E-state index contributed by atoms with van der Waals surface area (Å²) in [6, 6.07) is 15.9. The summed E-state index contributed by atoms with van der Waals surface area (Å²) in [4.78, 5) is 5.55. The summed E-state index contributed by atoms with van der Waals surface area (Å²) in [5.41, 5.74) is 6.26. The molecule has 0 aliphatic rings. The number of aryl methyl sites for hydroxylation is 1. The second kappa shape index (κ2) is 4.71. The highest BCUT2D eigenvalue weighted by Crippen LogP contribution is 2.21. The van der Waals surface area contributed by atoms with Crippen molar-refractivity contribution in [3.8, 4) is 5.75 Å². The van der Waals surface area contributed by atoms with Crippen LogP contribution in [0.2, 0.25) is 0 Å². The molecule has 2 rings (SSSR count). The monoisotopic (exact) mass is 213 g/mol. The number of nitrogens with one attached hydrogen (secondary N) is 1. The first-order valence-electron chi connectivity index (χ1n) is 5.31. The first-order valence-corrected chi connectivity index (χ1v) is 5.31. The molecule has 2 aromatic carbocycles. The van der Waals surface area contributed by atoms with E-state index < -0.39 is 0 Å². The van der Waals surface area contributed by atoms with E-state index in [1.54, 1.807) is 0 Å². The molecule has 0 aliphatic carbocycles. The fourth-order valence-corrected chi connectivity index (χ4v) is 1.45. The van der Waals surface area contributed by atoms with Gasteiger partial charge in [-0.05, 0) is 43.2 Å². The molecule has 2 heteroatoms. The lowest BCUT2D eigenvalue weighted by atomic mass is 10.1. The highest BCUT2D eigenvalue weighted by atomic mass is 16.6. The minimum Gasteiger partial charge on any atom is -0.382 e. The molecule has 82 valence electrons. The zero-order chi connectivity index (χ0) is 11.4. The second-order valence-electron chi connectivity index (χ2n) is 3.77. The summed E-state index contributed by atoms with van der Waals surface area (Å²) < 4.78 is 0. The topological polar surface area (TPSA) is 21.3 Å². The van der Waals surface area contributed by atoms with Gasteiger partial charge in [0, 0.05) is 0 Å². The Morgan fingerprint density at radius 3 is 2.38 bits per heavy atom. The van der Waals surface area contributed by atoms with Gasteiger partial charge >= 0.3 is 0 Å². The van der Waals surface area contributed by atoms with Gasteiger partial charge < -0.3 is 4.84 Å². The van der Waals surface area contributed by atoms with Crippen LogP contribution in [-0.2, 0) is 0 Å². The van der Waals surface area contributed by atoms with E-state index in [9.17, 15) is 0 Å². The van der Waals surface area contributed by atoms with Gasteiger partial charge in [0.25, 0.3) is 0 Å². The maximum absolute atomic E-state index is 5.55. The van der Waals surface area contributed by atoms with E-state index >= 15 is 0 Å². The number of benzene rings is 2. The Kier molecular flexibility index (Phi) is 3.10. The van der Waals surface area contributed by atoms with Crippen molar-refractivity contribution in [3.63, 3.8) is 0 Å². The summed E-state index contributed by atoms with van der Waals surface area (Å²) in [5.74, 6) is 0.865. The van der Waals surface area contributed by atoms with Crippen LogP contribution >= 0.6 is 0 Å². The van der Waals surface area contributed by atoms with Gasteiger partial charge in [-0.15, -0.1) is 0 Å². The third-order valence-corrected chi connectivity index (χ3v) is 2.61. The smallest absolute Gasteiger partial charge is 0.158 e. The van der Waals surface area contributed by atoms with Crippen molar-refractivity contribution in [2.45, 2.75) is 13.8 Å².